The third-order valence-electron chi connectivity index (χ3n) is 5.60. The fraction of sp³-hybridized carbons (Fsp3) is 0.259. The Kier molecular flexibility index (Phi) is 9.29. The minimum atomic E-state index is -4.19. The number of anilines is 1. The summed E-state index contributed by atoms with van der Waals surface area (Å²) in [5.41, 5.74) is 0.370. The molecule has 0 saturated carbocycles. The highest BCUT2D eigenvalue weighted by Gasteiger charge is 2.33. The molecule has 3 aromatic rings. The Morgan fingerprint density at radius 1 is 0.946 bits per heavy atom. The van der Waals surface area contributed by atoms with Crippen molar-refractivity contribution in [3.63, 3.8) is 0 Å². The summed E-state index contributed by atoms with van der Waals surface area (Å²) in [6.07, 6.45) is 0. The van der Waals surface area contributed by atoms with Crippen molar-refractivity contribution in [2.24, 2.45) is 0 Å². The monoisotopic (exact) mass is 545 g/mol. The van der Waals surface area contributed by atoms with Crippen LogP contribution in [0.3, 0.4) is 0 Å². The van der Waals surface area contributed by atoms with Crippen LogP contribution in [0.4, 0.5) is 10.1 Å². The molecule has 7 nitrogen and oxygen atoms in total. The van der Waals surface area contributed by atoms with Gasteiger partial charge in [-0.2, -0.15) is 0 Å². The lowest BCUT2D eigenvalue weighted by Gasteiger charge is -2.32. The van der Waals surface area contributed by atoms with Gasteiger partial charge in [-0.05, 0) is 57.2 Å². The molecule has 37 heavy (non-hydrogen) atoms. The molecule has 0 saturated heterocycles. The number of amides is 2. The predicted octanol–water partition coefficient (Wildman–Crippen LogP) is 4.62. The van der Waals surface area contributed by atoms with E-state index in [1.54, 1.807) is 50.2 Å². The van der Waals surface area contributed by atoms with Crippen LogP contribution in [0.2, 0.25) is 5.02 Å². The molecule has 0 aliphatic rings. The summed E-state index contributed by atoms with van der Waals surface area (Å²) in [6, 6.07) is 18.5. The van der Waals surface area contributed by atoms with Crippen LogP contribution in [0.1, 0.15) is 26.3 Å². The van der Waals surface area contributed by atoms with Crippen molar-refractivity contribution >= 4 is 39.1 Å². The molecule has 0 unspecified atom stereocenters. The summed E-state index contributed by atoms with van der Waals surface area (Å²) in [5.74, 6) is -1.67. The number of nitrogens with one attached hydrogen (secondary N) is 1. The summed E-state index contributed by atoms with van der Waals surface area (Å²) in [7, 11) is -4.19. The van der Waals surface area contributed by atoms with Gasteiger partial charge in [0, 0.05) is 23.2 Å². The van der Waals surface area contributed by atoms with E-state index in [1.807, 2.05) is 0 Å². The van der Waals surface area contributed by atoms with Crippen molar-refractivity contribution in [3.05, 3.63) is 95.3 Å². The van der Waals surface area contributed by atoms with Crippen LogP contribution >= 0.6 is 11.6 Å². The number of rotatable bonds is 10. The smallest absolute Gasteiger partial charge is 0.264 e. The molecule has 196 valence electrons. The van der Waals surface area contributed by atoms with Crippen LogP contribution < -0.4 is 9.62 Å². The first-order valence-corrected chi connectivity index (χ1v) is 13.5. The van der Waals surface area contributed by atoms with Gasteiger partial charge in [0.15, 0.2) is 0 Å². The van der Waals surface area contributed by atoms with E-state index in [0.717, 1.165) is 4.31 Å². The first-order chi connectivity index (χ1) is 17.5. The third-order valence-corrected chi connectivity index (χ3v) is 7.63. The standard InChI is InChI=1S/C27H29ClFN3O4S/c1-19(2)30-27(34)20(3)31(17-21-10-7-8-15-25(21)29)26(33)18-32(23-12-9-11-22(28)16-23)37(35,36)24-13-5-4-6-14-24/h4-16,19-20H,17-18H2,1-3H3,(H,30,34)/t20-/m1/s1. The zero-order valence-corrected chi connectivity index (χ0v) is 22.3. The molecule has 10 heteroatoms. The molecule has 0 fully saturated rings. The highest BCUT2D eigenvalue weighted by molar-refractivity contribution is 7.92. The van der Waals surface area contributed by atoms with Crippen molar-refractivity contribution in [2.45, 2.75) is 44.3 Å². The van der Waals surface area contributed by atoms with Crippen LogP contribution in [0.25, 0.3) is 0 Å². The number of hydrogen-bond donors (Lipinski definition) is 1. The molecule has 0 aliphatic carbocycles. The molecule has 1 atom stereocenters. The fourth-order valence-electron chi connectivity index (χ4n) is 3.68. The quantitative estimate of drug-likeness (QED) is 0.403. The van der Waals surface area contributed by atoms with Crippen LogP contribution in [0.15, 0.2) is 83.8 Å². The second-order valence-electron chi connectivity index (χ2n) is 8.76. The summed E-state index contributed by atoms with van der Waals surface area (Å²) < 4.78 is 42.7. The average Bonchev–Trinajstić information content (AvgIpc) is 2.86. The Hall–Kier alpha value is -3.43. The molecule has 3 rings (SSSR count). The zero-order valence-electron chi connectivity index (χ0n) is 20.8. The van der Waals surface area contributed by atoms with Crippen molar-refractivity contribution in [3.8, 4) is 0 Å². The second-order valence-corrected chi connectivity index (χ2v) is 11.1. The van der Waals surface area contributed by atoms with Gasteiger partial charge in [0.2, 0.25) is 11.8 Å². The maximum absolute atomic E-state index is 14.5. The SMILES string of the molecule is CC(C)NC(=O)[C@@H](C)N(Cc1ccccc1F)C(=O)CN(c1cccc(Cl)c1)S(=O)(=O)c1ccccc1. The van der Waals surface area contributed by atoms with Crippen molar-refractivity contribution in [2.75, 3.05) is 10.8 Å². The normalized spacial score (nSPS) is 12.2. The second kappa shape index (κ2) is 12.2. The highest BCUT2D eigenvalue weighted by atomic mass is 35.5. The van der Waals surface area contributed by atoms with Gasteiger partial charge in [0.1, 0.15) is 18.4 Å². The largest absolute Gasteiger partial charge is 0.352 e. The predicted molar refractivity (Wildman–Crippen MR) is 142 cm³/mol. The topological polar surface area (TPSA) is 86.8 Å². The van der Waals surface area contributed by atoms with Crippen molar-refractivity contribution in [1.82, 2.24) is 10.2 Å². The number of carbonyl (C=O) groups excluding carboxylic acids is 2. The maximum atomic E-state index is 14.5. The molecule has 1 N–H and O–H groups in total. The number of nitrogens with zero attached hydrogens (tertiary/aromatic N) is 2. The summed E-state index contributed by atoms with van der Waals surface area (Å²) in [6.45, 7) is 4.21. The number of sulfonamides is 1. The van der Waals surface area contributed by atoms with E-state index in [4.69, 9.17) is 11.6 Å². The van der Waals surface area contributed by atoms with E-state index in [1.165, 1.54) is 54.3 Å². The first-order valence-electron chi connectivity index (χ1n) is 11.7. The molecular weight excluding hydrogens is 517 g/mol. The van der Waals surface area contributed by atoms with E-state index in [-0.39, 0.29) is 33.8 Å². The minimum Gasteiger partial charge on any atom is -0.352 e. The van der Waals surface area contributed by atoms with Gasteiger partial charge < -0.3 is 10.2 Å². The lowest BCUT2D eigenvalue weighted by Crippen LogP contribution is -2.52. The summed E-state index contributed by atoms with van der Waals surface area (Å²) in [4.78, 5) is 27.7. The Labute approximate surface area is 221 Å². The first kappa shape index (κ1) is 28.1. The molecular formula is C27H29ClFN3O4S. The lowest BCUT2D eigenvalue weighted by atomic mass is 10.1. The molecule has 0 radical (unpaired) electrons. The van der Waals surface area contributed by atoms with Crippen LogP contribution in [0, 0.1) is 5.82 Å². The van der Waals surface area contributed by atoms with Gasteiger partial charge in [0.05, 0.1) is 10.6 Å². The lowest BCUT2D eigenvalue weighted by molar-refractivity contribution is -0.139. The summed E-state index contributed by atoms with van der Waals surface area (Å²) >= 11 is 6.14. The molecule has 3 aromatic carbocycles. The van der Waals surface area contributed by atoms with E-state index in [9.17, 15) is 22.4 Å². The van der Waals surface area contributed by atoms with Crippen molar-refractivity contribution < 1.29 is 22.4 Å². The molecule has 2 amide bonds. The fourth-order valence-corrected chi connectivity index (χ4v) is 5.29. The number of hydrogen-bond acceptors (Lipinski definition) is 4. The van der Waals surface area contributed by atoms with E-state index >= 15 is 0 Å². The van der Waals surface area contributed by atoms with E-state index in [2.05, 4.69) is 5.32 Å². The zero-order chi connectivity index (χ0) is 27.2. The number of benzene rings is 3. The third kappa shape index (κ3) is 7.08. The highest BCUT2D eigenvalue weighted by Crippen LogP contribution is 2.27. The molecule has 0 bridgehead atoms. The van der Waals surface area contributed by atoms with Gasteiger partial charge in [-0.3, -0.25) is 13.9 Å². The van der Waals surface area contributed by atoms with Crippen LogP contribution in [0.5, 0.6) is 0 Å². The van der Waals surface area contributed by atoms with Gasteiger partial charge >= 0.3 is 0 Å². The Bertz CT molecular complexity index is 1350. The molecule has 0 aromatic heterocycles. The Morgan fingerprint density at radius 2 is 1.59 bits per heavy atom. The van der Waals surface area contributed by atoms with Gasteiger partial charge in [-0.15, -0.1) is 0 Å². The Balaban J connectivity index is 2.03. The number of carbonyl (C=O) groups is 2. The van der Waals surface area contributed by atoms with Gasteiger partial charge in [0.25, 0.3) is 10.0 Å². The van der Waals surface area contributed by atoms with Crippen molar-refractivity contribution in [1.29, 1.82) is 0 Å². The molecule has 0 aliphatic heterocycles. The minimum absolute atomic E-state index is 0.0194. The van der Waals surface area contributed by atoms with E-state index < -0.39 is 40.2 Å². The number of halogens is 2. The molecule has 0 heterocycles. The van der Waals surface area contributed by atoms with E-state index in [0.29, 0.717) is 0 Å². The Morgan fingerprint density at radius 3 is 2.22 bits per heavy atom. The van der Waals surface area contributed by atoms with Gasteiger partial charge in [-0.1, -0.05) is 54.1 Å². The van der Waals surface area contributed by atoms with Gasteiger partial charge in [-0.25, -0.2) is 12.8 Å². The van der Waals surface area contributed by atoms with Crippen LogP contribution in [-0.4, -0.2) is 43.8 Å². The van der Waals surface area contributed by atoms with Crippen LogP contribution in [-0.2, 0) is 26.2 Å². The average molecular weight is 546 g/mol. The molecule has 0 spiro atoms. The summed E-state index contributed by atoms with van der Waals surface area (Å²) in [5, 5.41) is 3.03. The maximum Gasteiger partial charge on any atom is 0.264 e.